The average molecular weight is 1140 g/mol. The third-order valence-corrected chi connectivity index (χ3v) is 14.9. The zero-order valence-electron chi connectivity index (χ0n) is 52.4. The van der Waals surface area contributed by atoms with E-state index < -0.39 is 54.9 Å². The van der Waals surface area contributed by atoms with E-state index in [1.54, 1.807) is 48.5 Å². The summed E-state index contributed by atoms with van der Waals surface area (Å²) in [6.45, 7) is 0. The van der Waals surface area contributed by atoms with Gasteiger partial charge in [-0.1, -0.05) is 91.9 Å². The van der Waals surface area contributed by atoms with Crippen molar-refractivity contribution in [3.8, 4) is 39.8 Å². The van der Waals surface area contributed by atoms with Gasteiger partial charge in [0.2, 0.25) is 0 Å². The first-order valence-corrected chi connectivity index (χ1v) is 25.5. The molecule has 6 heteroatoms. The zero-order chi connectivity index (χ0) is 59.0. The third kappa shape index (κ3) is 10.6. The molecule has 0 atom stereocenters. The van der Waals surface area contributed by atoms with Crippen molar-refractivity contribution in [2.24, 2.45) is 0 Å². The van der Waals surface area contributed by atoms with Crippen LogP contribution in [0.2, 0.25) is 0 Å². The molecule has 0 amide bonds. The Labute approximate surface area is 461 Å². The Morgan fingerprint density at radius 1 is 0.507 bits per heavy atom. The van der Waals surface area contributed by atoms with Crippen LogP contribution in [0.4, 0.5) is 0 Å². The standard InChI is InChI=1S/C67H61N4O.Ir/c68-41-48-29-33-57-58-24-13-25-59(67(58)72-66(57)37-48)65-40-62(51-18-11-12-19-51)56(44-71-65)32-28-47-35-45(26-30-54-42-69-63(52-20-3-1-4-21-52)38-60(54)49-14-7-8-15-49)34-46(36-47)27-31-55-43-70-64(53-22-5-2-6-23-53)39-61(55)50-16-9-10-17-50;/h1-6,13,20,22,24,29,33-40,42-44,49-51H,7-12,14-19,26-28,30-32H2;/q-3;+3/i26D2,27D2,28D2,30D2,31D2,32D2;. The van der Waals surface area contributed by atoms with Gasteiger partial charge in [0.05, 0.1) is 17.2 Å². The van der Waals surface area contributed by atoms with Crippen LogP contribution in [0, 0.1) is 29.5 Å². The van der Waals surface area contributed by atoms with E-state index in [2.05, 4.69) is 34.2 Å². The van der Waals surface area contributed by atoms with Crippen LogP contribution in [0.15, 0.2) is 138 Å². The quantitative estimate of drug-likeness (QED) is 0.0956. The van der Waals surface area contributed by atoms with Crippen molar-refractivity contribution >= 4 is 21.9 Å². The molecule has 0 saturated heterocycles. The number of rotatable bonds is 15. The first kappa shape index (κ1) is 36.4. The molecule has 4 heterocycles. The maximum atomic E-state index is 10.1. The number of aryl methyl sites for hydroxylation is 6. The molecule has 9 aromatic rings. The van der Waals surface area contributed by atoms with Crippen LogP contribution in [0.5, 0.6) is 0 Å². The Morgan fingerprint density at radius 3 is 1.42 bits per heavy atom. The van der Waals surface area contributed by atoms with Crippen LogP contribution in [0.3, 0.4) is 0 Å². The summed E-state index contributed by atoms with van der Waals surface area (Å²) in [5.41, 5.74) is 4.65. The third-order valence-electron chi connectivity index (χ3n) is 14.9. The Bertz CT molecular complexity index is 3850. The predicted molar refractivity (Wildman–Crippen MR) is 290 cm³/mol. The summed E-state index contributed by atoms with van der Waals surface area (Å²) in [7, 11) is 0. The molecular weight excluding hydrogens is 1070 g/mol. The summed E-state index contributed by atoms with van der Waals surface area (Å²) in [6, 6.07) is 43.8. The molecule has 5 nitrogen and oxygen atoms in total. The summed E-state index contributed by atoms with van der Waals surface area (Å²) in [5.74, 6) is -0.481. The van der Waals surface area contributed by atoms with Crippen LogP contribution in [0.25, 0.3) is 55.7 Å². The van der Waals surface area contributed by atoms with Crippen molar-refractivity contribution < 1.29 is 41.0 Å². The molecule has 364 valence electrons. The van der Waals surface area contributed by atoms with E-state index >= 15 is 0 Å². The number of hydrogen-bond donors (Lipinski definition) is 0. The number of benzene rings is 5. The Hall–Kier alpha value is -6.51. The number of pyridine rings is 3. The van der Waals surface area contributed by atoms with Crippen LogP contribution in [-0.2, 0) is 58.3 Å². The van der Waals surface area contributed by atoms with Gasteiger partial charge in [-0.25, -0.2) is 0 Å². The van der Waals surface area contributed by atoms with E-state index in [-0.39, 0.29) is 54.5 Å². The molecule has 12 rings (SSSR count). The van der Waals surface area contributed by atoms with Gasteiger partial charge in [-0.05, 0) is 174 Å². The van der Waals surface area contributed by atoms with E-state index in [1.165, 1.54) is 18.6 Å². The second kappa shape index (κ2) is 22.3. The number of nitrogens with zero attached hydrogens (tertiary/aromatic N) is 4. The molecule has 0 aliphatic heterocycles. The monoisotopic (exact) mass is 1140 g/mol. The summed E-state index contributed by atoms with van der Waals surface area (Å²) in [4.78, 5) is 14.2. The van der Waals surface area contributed by atoms with Crippen molar-refractivity contribution in [1.29, 1.82) is 5.26 Å². The Balaban J connectivity index is 0.00000752. The van der Waals surface area contributed by atoms with Gasteiger partial charge >= 0.3 is 20.1 Å². The number of aromatic nitrogens is 3. The van der Waals surface area contributed by atoms with E-state index in [0.717, 1.165) is 93.2 Å². The van der Waals surface area contributed by atoms with Gasteiger partial charge in [0.1, 0.15) is 5.58 Å². The second-order valence-electron chi connectivity index (χ2n) is 19.5. The van der Waals surface area contributed by atoms with Crippen LogP contribution in [0.1, 0.15) is 167 Å². The van der Waals surface area contributed by atoms with Gasteiger partial charge in [-0.15, -0.1) is 90.0 Å². The summed E-state index contributed by atoms with van der Waals surface area (Å²) < 4.78 is 127. The second-order valence-corrected chi connectivity index (χ2v) is 19.5. The maximum Gasteiger partial charge on any atom is 3.00 e. The van der Waals surface area contributed by atoms with Gasteiger partial charge in [-0.2, -0.15) is 5.26 Å². The Kier molecular flexibility index (Phi) is 11.1. The van der Waals surface area contributed by atoms with Crippen molar-refractivity contribution in [2.45, 2.75) is 133 Å². The molecule has 4 aromatic heterocycles. The van der Waals surface area contributed by atoms with Gasteiger partial charge in [0.25, 0.3) is 0 Å². The number of fused-ring (bicyclic) bond motifs is 3. The molecule has 73 heavy (non-hydrogen) atoms. The molecule has 0 bridgehead atoms. The van der Waals surface area contributed by atoms with Gasteiger partial charge in [-0.3, -0.25) is 0 Å². The van der Waals surface area contributed by atoms with Gasteiger partial charge < -0.3 is 19.4 Å². The minimum absolute atomic E-state index is 0. The minimum atomic E-state index is -3.14. The smallest absolute Gasteiger partial charge is 0.501 e. The molecule has 3 fully saturated rings. The van der Waals surface area contributed by atoms with Crippen LogP contribution in [-0.4, -0.2) is 15.0 Å². The molecule has 0 unspecified atom stereocenters. The summed E-state index contributed by atoms with van der Waals surface area (Å²) >= 11 is 0. The molecule has 0 spiro atoms. The maximum absolute atomic E-state index is 10.1. The number of hydrogen-bond acceptors (Lipinski definition) is 5. The van der Waals surface area contributed by atoms with Crippen LogP contribution >= 0.6 is 0 Å². The summed E-state index contributed by atoms with van der Waals surface area (Å²) in [5, 5.41) is 11.2. The van der Waals surface area contributed by atoms with E-state index in [1.807, 2.05) is 48.5 Å². The molecule has 3 saturated carbocycles. The minimum Gasteiger partial charge on any atom is -0.501 e. The fraction of sp³-hybridized carbons (Fsp3) is 0.313. The van der Waals surface area contributed by atoms with E-state index in [0.29, 0.717) is 80.0 Å². The molecule has 0 N–H and O–H groups in total. The normalized spacial score (nSPS) is 18.9. The van der Waals surface area contributed by atoms with Crippen LogP contribution < -0.4 is 0 Å². The van der Waals surface area contributed by atoms with Crippen molar-refractivity contribution in [3.05, 3.63) is 208 Å². The van der Waals surface area contributed by atoms with Gasteiger partial charge in [0, 0.05) is 40.4 Å². The van der Waals surface area contributed by atoms with E-state index in [9.17, 15) is 21.7 Å². The fourth-order valence-electron chi connectivity index (χ4n) is 11.3. The molecule has 5 aromatic carbocycles. The first-order valence-electron chi connectivity index (χ1n) is 31.5. The Morgan fingerprint density at radius 2 is 0.973 bits per heavy atom. The van der Waals surface area contributed by atoms with Crippen molar-refractivity contribution in [1.82, 2.24) is 15.0 Å². The van der Waals surface area contributed by atoms with Gasteiger partial charge in [0.15, 0.2) is 0 Å². The molecular formula is C67H61IrN4O. The van der Waals surface area contributed by atoms with Crippen molar-refractivity contribution in [3.63, 3.8) is 0 Å². The number of furan rings is 1. The topological polar surface area (TPSA) is 75.6 Å². The fourth-order valence-corrected chi connectivity index (χ4v) is 11.3. The SMILES string of the molecule is [2H]C([2H])(c1cc(C([2H])([2H])C([2H])([2H])c2cnc(-c3[c-]cccc3)cc2C2CCCC2)cc(C([2H])([2H])C([2H])([2H])c2cnc(-c3[c-]ccc4c3oc3cc(C#N)ccc34)cc2C2CCCC2)c1)C([2H])([2H])c1cnc(-c2[c-]cccc2)cc1C1CCCC1.[Ir+3]. The molecule has 3 aliphatic rings. The van der Waals surface area contributed by atoms with E-state index in [4.69, 9.17) is 9.40 Å². The predicted octanol–water partition coefficient (Wildman–Crippen LogP) is 16.4. The largest absolute Gasteiger partial charge is 3.00 e. The zero-order valence-corrected chi connectivity index (χ0v) is 42.8. The molecule has 3 aliphatic carbocycles. The number of nitriles is 1. The average Bonchev–Trinajstić information content (AvgIpc) is 2.47. The first-order chi connectivity index (χ1) is 40.1. The summed E-state index contributed by atoms with van der Waals surface area (Å²) in [6.07, 6.45) is -4.61. The molecule has 0 radical (unpaired) electrons. The van der Waals surface area contributed by atoms with Crippen molar-refractivity contribution in [2.75, 3.05) is 0 Å².